The van der Waals surface area contributed by atoms with Crippen molar-refractivity contribution in [1.29, 1.82) is 0 Å². The van der Waals surface area contributed by atoms with Crippen LogP contribution in [0.1, 0.15) is 40.4 Å². The minimum Gasteiger partial charge on any atom is -0.364 e. The Kier molecular flexibility index (Phi) is 7.06. The van der Waals surface area contributed by atoms with Gasteiger partial charge in [0.2, 0.25) is 0 Å². The van der Waals surface area contributed by atoms with Crippen molar-refractivity contribution in [2.45, 2.75) is 32.0 Å². The van der Waals surface area contributed by atoms with Gasteiger partial charge >= 0.3 is 0 Å². The van der Waals surface area contributed by atoms with Gasteiger partial charge in [-0.15, -0.1) is 0 Å². The Hall–Kier alpha value is -3.43. The van der Waals surface area contributed by atoms with Crippen molar-refractivity contribution in [1.82, 2.24) is 5.32 Å². The number of hydrogen-bond donors (Lipinski definition) is 1. The summed E-state index contributed by atoms with van der Waals surface area (Å²) in [6.07, 6.45) is 0.269. The Morgan fingerprint density at radius 1 is 1.03 bits per heavy atom. The largest absolute Gasteiger partial charge is 0.364 e. The molecule has 2 amide bonds. The van der Waals surface area contributed by atoms with E-state index in [1.165, 1.54) is 42.3 Å². The number of benzene rings is 3. The van der Waals surface area contributed by atoms with Gasteiger partial charge in [-0.25, -0.2) is 17.6 Å². The molecule has 36 heavy (non-hydrogen) atoms. The van der Waals surface area contributed by atoms with Crippen molar-refractivity contribution in [3.63, 3.8) is 0 Å². The standard InChI is InChI=1S/C26H21ClF4N2O3/c1-3-26(36-2)18-8-7-14(24(34)32-12-16-21(30)10-15(28)11-22(16)31)9-23(18)33(25(26)35)13-17-19(27)5-4-6-20(17)29/h4-11H,3,12-13H2,1-2H3,(H,32,34). The molecule has 1 unspecified atom stereocenters. The highest BCUT2D eigenvalue weighted by Crippen LogP contribution is 2.46. The molecule has 0 spiro atoms. The Morgan fingerprint density at radius 3 is 2.33 bits per heavy atom. The topological polar surface area (TPSA) is 58.6 Å². The summed E-state index contributed by atoms with van der Waals surface area (Å²) in [5.74, 6) is -5.07. The first-order chi connectivity index (χ1) is 17.1. The third kappa shape index (κ3) is 4.33. The fourth-order valence-corrected chi connectivity index (χ4v) is 4.60. The second-order valence-corrected chi connectivity index (χ2v) is 8.65. The third-order valence-electron chi connectivity index (χ3n) is 6.33. The van der Waals surface area contributed by atoms with Crippen molar-refractivity contribution in [3.8, 4) is 0 Å². The van der Waals surface area contributed by atoms with Gasteiger partial charge in [0.15, 0.2) is 5.60 Å². The Balaban J connectivity index is 1.68. The minimum absolute atomic E-state index is 0.0807. The number of fused-ring (bicyclic) bond motifs is 1. The van der Waals surface area contributed by atoms with Gasteiger partial charge in [-0.2, -0.15) is 0 Å². The average molecular weight is 521 g/mol. The zero-order valence-corrected chi connectivity index (χ0v) is 20.1. The molecule has 10 heteroatoms. The third-order valence-corrected chi connectivity index (χ3v) is 6.69. The van der Waals surface area contributed by atoms with E-state index in [1.54, 1.807) is 13.0 Å². The van der Waals surface area contributed by atoms with Gasteiger partial charge in [0.25, 0.3) is 11.8 Å². The normalized spacial score (nSPS) is 16.9. The lowest BCUT2D eigenvalue weighted by Crippen LogP contribution is -2.41. The summed E-state index contributed by atoms with van der Waals surface area (Å²) < 4.78 is 61.2. The molecular formula is C26H21ClF4N2O3. The maximum absolute atomic E-state index is 14.5. The van der Waals surface area contributed by atoms with Crippen LogP contribution in [0.5, 0.6) is 0 Å². The number of methoxy groups -OCH3 is 1. The number of carbonyl (C=O) groups excluding carboxylic acids is 2. The second kappa shape index (κ2) is 9.91. The summed E-state index contributed by atoms with van der Waals surface area (Å²) in [4.78, 5) is 27.6. The van der Waals surface area contributed by atoms with E-state index in [1.807, 2.05) is 0 Å². The molecule has 0 fully saturated rings. The van der Waals surface area contributed by atoms with E-state index in [2.05, 4.69) is 5.32 Å². The first-order valence-corrected chi connectivity index (χ1v) is 11.4. The predicted molar refractivity (Wildman–Crippen MR) is 126 cm³/mol. The van der Waals surface area contributed by atoms with Gasteiger partial charge in [-0.1, -0.05) is 30.7 Å². The van der Waals surface area contributed by atoms with E-state index in [4.69, 9.17) is 16.3 Å². The molecule has 5 nitrogen and oxygen atoms in total. The van der Waals surface area contributed by atoms with Crippen LogP contribution in [-0.4, -0.2) is 18.9 Å². The SMILES string of the molecule is CCC1(OC)C(=O)N(Cc2c(F)cccc2Cl)c2cc(C(=O)NCc3c(F)cc(F)cc3F)ccc21. The molecule has 4 rings (SSSR count). The highest BCUT2D eigenvalue weighted by molar-refractivity contribution is 6.31. The van der Waals surface area contributed by atoms with Crippen LogP contribution in [0.4, 0.5) is 23.2 Å². The maximum atomic E-state index is 14.5. The van der Waals surface area contributed by atoms with E-state index in [0.29, 0.717) is 23.4 Å². The first-order valence-electron chi connectivity index (χ1n) is 11.0. The number of nitrogens with zero attached hydrogens (tertiary/aromatic N) is 1. The zero-order chi connectivity index (χ0) is 26.2. The Morgan fingerprint density at radius 2 is 1.72 bits per heavy atom. The van der Waals surface area contributed by atoms with Gasteiger partial charge < -0.3 is 15.0 Å². The van der Waals surface area contributed by atoms with Crippen LogP contribution < -0.4 is 10.2 Å². The molecule has 1 aliphatic heterocycles. The molecule has 188 valence electrons. The molecule has 0 aliphatic carbocycles. The van der Waals surface area contributed by atoms with Crippen LogP contribution in [0.15, 0.2) is 48.5 Å². The molecule has 1 heterocycles. The highest BCUT2D eigenvalue weighted by Gasteiger charge is 2.50. The lowest BCUT2D eigenvalue weighted by molar-refractivity contribution is -0.140. The number of nitrogens with one attached hydrogen (secondary N) is 1. The van der Waals surface area contributed by atoms with Crippen LogP contribution in [0.2, 0.25) is 5.02 Å². The summed E-state index contributed by atoms with van der Waals surface area (Å²) >= 11 is 6.18. The number of ether oxygens (including phenoxy) is 1. The molecular weight excluding hydrogens is 500 g/mol. The quantitative estimate of drug-likeness (QED) is 0.411. The molecule has 0 saturated heterocycles. The van der Waals surface area contributed by atoms with Gasteiger partial charge in [-0.3, -0.25) is 9.59 Å². The predicted octanol–water partition coefficient (Wildman–Crippen LogP) is 5.62. The molecule has 0 bridgehead atoms. The Labute approximate surface area is 209 Å². The lowest BCUT2D eigenvalue weighted by atomic mass is 9.91. The maximum Gasteiger partial charge on any atom is 0.264 e. The lowest BCUT2D eigenvalue weighted by Gasteiger charge is -2.26. The second-order valence-electron chi connectivity index (χ2n) is 8.24. The van der Waals surface area contributed by atoms with Crippen molar-refractivity contribution in [2.75, 3.05) is 12.0 Å². The van der Waals surface area contributed by atoms with Gasteiger partial charge in [0.1, 0.15) is 23.3 Å². The number of carbonyl (C=O) groups is 2. The van der Waals surface area contributed by atoms with Gasteiger partial charge in [0, 0.05) is 53.1 Å². The fourth-order valence-electron chi connectivity index (χ4n) is 4.37. The van der Waals surface area contributed by atoms with Gasteiger partial charge in [0.05, 0.1) is 12.2 Å². The molecule has 0 radical (unpaired) electrons. The molecule has 1 aliphatic rings. The minimum atomic E-state index is -1.34. The molecule has 3 aromatic carbocycles. The van der Waals surface area contributed by atoms with Crippen LogP contribution >= 0.6 is 11.6 Å². The molecule has 1 atom stereocenters. The smallest absolute Gasteiger partial charge is 0.264 e. The van der Waals surface area contributed by atoms with E-state index in [9.17, 15) is 27.2 Å². The van der Waals surface area contributed by atoms with Gasteiger partial charge in [-0.05, 0) is 30.7 Å². The van der Waals surface area contributed by atoms with Crippen molar-refractivity contribution >= 4 is 29.1 Å². The molecule has 0 aromatic heterocycles. The summed E-state index contributed by atoms with van der Waals surface area (Å²) in [7, 11) is 1.39. The molecule has 0 saturated carbocycles. The Bertz CT molecular complexity index is 1320. The van der Waals surface area contributed by atoms with Crippen LogP contribution in [0, 0.1) is 23.3 Å². The molecule has 1 N–H and O–H groups in total. The number of hydrogen-bond acceptors (Lipinski definition) is 3. The number of halogens is 5. The summed E-state index contributed by atoms with van der Waals surface area (Å²) in [6.45, 7) is 1.02. The summed E-state index contributed by atoms with van der Waals surface area (Å²) in [6, 6.07) is 9.64. The average Bonchev–Trinajstić information content (AvgIpc) is 3.07. The van der Waals surface area contributed by atoms with Crippen LogP contribution in [-0.2, 0) is 28.2 Å². The van der Waals surface area contributed by atoms with Crippen LogP contribution in [0.25, 0.3) is 0 Å². The van der Waals surface area contributed by atoms with Crippen molar-refractivity contribution in [3.05, 3.63) is 99.1 Å². The number of anilines is 1. The van der Waals surface area contributed by atoms with E-state index in [0.717, 1.165) is 0 Å². The first kappa shape index (κ1) is 25.7. The fraction of sp³-hybridized carbons (Fsp3) is 0.231. The van der Waals surface area contributed by atoms with Crippen molar-refractivity contribution < 1.29 is 31.9 Å². The van der Waals surface area contributed by atoms with E-state index >= 15 is 0 Å². The van der Waals surface area contributed by atoms with Crippen LogP contribution in [0.3, 0.4) is 0 Å². The monoisotopic (exact) mass is 520 g/mol. The summed E-state index contributed by atoms with van der Waals surface area (Å²) in [5, 5.41) is 2.53. The van der Waals surface area contributed by atoms with E-state index < -0.39 is 52.8 Å². The number of amides is 2. The van der Waals surface area contributed by atoms with E-state index in [-0.39, 0.29) is 29.1 Å². The molecule has 3 aromatic rings. The highest BCUT2D eigenvalue weighted by atomic mass is 35.5. The zero-order valence-electron chi connectivity index (χ0n) is 19.3. The number of rotatable bonds is 7. The summed E-state index contributed by atoms with van der Waals surface area (Å²) in [5.41, 5.74) is -0.869. The van der Waals surface area contributed by atoms with Crippen molar-refractivity contribution in [2.24, 2.45) is 0 Å².